The number of halogens is 1. The number of phenols is 1. The predicted molar refractivity (Wildman–Crippen MR) is 68.2 cm³/mol. The standard InChI is InChI=1S/C15H13FO2/c1-9-8-12(18)13(10(2)17)14(15(9)16)11-6-4-3-5-7-11/h3-8,18H,1-2H3. The van der Waals surface area contributed by atoms with E-state index >= 15 is 0 Å². The second-order valence-corrected chi connectivity index (χ2v) is 4.20. The van der Waals surface area contributed by atoms with Crippen LogP contribution in [0, 0.1) is 12.7 Å². The third-order valence-electron chi connectivity index (χ3n) is 2.84. The van der Waals surface area contributed by atoms with Gasteiger partial charge in [0.15, 0.2) is 5.78 Å². The molecule has 0 saturated heterocycles. The molecule has 0 saturated carbocycles. The number of carbonyl (C=O) groups is 1. The van der Waals surface area contributed by atoms with Crippen molar-refractivity contribution in [1.82, 2.24) is 0 Å². The fourth-order valence-corrected chi connectivity index (χ4v) is 2.01. The van der Waals surface area contributed by atoms with E-state index < -0.39 is 5.82 Å². The van der Waals surface area contributed by atoms with E-state index in [1.165, 1.54) is 13.0 Å². The number of phenolic OH excluding ortho intramolecular Hbond substituents is 1. The number of carbonyl (C=O) groups excluding carboxylic acids is 1. The lowest BCUT2D eigenvalue weighted by Crippen LogP contribution is -2.01. The number of benzene rings is 2. The molecule has 92 valence electrons. The Labute approximate surface area is 105 Å². The number of hydrogen-bond donors (Lipinski definition) is 1. The number of hydrogen-bond acceptors (Lipinski definition) is 2. The maximum Gasteiger partial charge on any atom is 0.164 e. The van der Waals surface area contributed by atoms with Crippen molar-refractivity contribution in [2.75, 3.05) is 0 Å². The normalized spacial score (nSPS) is 10.4. The SMILES string of the molecule is CC(=O)c1c(O)cc(C)c(F)c1-c1ccccc1. The zero-order chi connectivity index (χ0) is 13.3. The Kier molecular flexibility index (Phi) is 3.15. The molecule has 0 aliphatic rings. The first-order valence-corrected chi connectivity index (χ1v) is 5.60. The van der Waals surface area contributed by atoms with Crippen LogP contribution < -0.4 is 0 Å². The summed E-state index contributed by atoms with van der Waals surface area (Å²) in [5.74, 6) is -1.00. The predicted octanol–water partition coefficient (Wildman–Crippen LogP) is 3.71. The van der Waals surface area contributed by atoms with Crippen molar-refractivity contribution in [1.29, 1.82) is 0 Å². The van der Waals surface area contributed by atoms with Crippen LogP contribution in [0.1, 0.15) is 22.8 Å². The van der Waals surface area contributed by atoms with Crippen molar-refractivity contribution in [2.24, 2.45) is 0 Å². The molecule has 0 heterocycles. The molecule has 0 radical (unpaired) electrons. The lowest BCUT2D eigenvalue weighted by atomic mass is 9.94. The van der Waals surface area contributed by atoms with Gasteiger partial charge in [-0.1, -0.05) is 30.3 Å². The summed E-state index contributed by atoms with van der Waals surface area (Å²) in [5, 5.41) is 9.84. The Morgan fingerprint density at radius 2 is 1.83 bits per heavy atom. The molecule has 0 bridgehead atoms. The fraction of sp³-hybridized carbons (Fsp3) is 0.133. The number of aromatic hydroxyl groups is 1. The third-order valence-corrected chi connectivity index (χ3v) is 2.84. The highest BCUT2D eigenvalue weighted by Gasteiger charge is 2.20. The average Bonchev–Trinajstić information content (AvgIpc) is 2.34. The van der Waals surface area contributed by atoms with E-state index in [0.717, 1.165) is 0 Å². The number of Topliss-reactive ketones (excluding diaryl/α,β-unsaturated/α-hetero) is 1. The van der Waals surface area contributed by atoms with Crippen molar-refractivity contribution in [3.63, 3.8) is 0 Å². The van der Waals surface area contributed by atoms with Gasteiger partial charge in [0.25, 0.3) is 0 Å². The van der Waals surface area contributed by atoms with Crippen molar-refractivity contribution in [3.05, 3.63) is 53.3 Å². The van der Waals surface area contributed by atoms with Crippen molar-refractivity contribution in [3.8, 4) is 16.9 Å². The van der Waals surface area contributed by atoms with E-state index in [2.05, 4.69) is 0 Å². The summed E-state index contributed by atoms with van der Waals surface area (Å²) in [6.07, 6.45) is 0. The monoisotopic (exact) mass is 244 g/mol. The molecule has 2 rings (SSSR count). The summed E-state index contributed by atoms with van der Waals surface area (Å²) >= 11 is 0. The smallest absolute Gasteiger partial charge is 0.164 e. The minimum Gasteiger partial charge on any atom is -0.507 e. The number of aryl methyl sites for hydroxylation is 1. The topological polar surface area (TPSA) is 37.3 Å². The lowest BCUT2D eigenvalue weighted by molar-refractivity contribution is 0.101. The Morgan fingerprint density at radius 3 is 2.39 bits per heavy atom. The second-order valence-electron chi connectivity index (χ2n) is 4.20. The molecule has 0 atom stereocenters. The summed E-state index contributed by atoms with van der Waals surface area (Å²) in [4.78, 5) is 11.6. The van der Waals surface area contributed by atoms with Gasteiger partial charge in [-0.2, -0.15) is 0 Å². The van der Waals surface area contributed by atoms with Gasteiger partial charge in [0.05, 0.1) is 5.56 Å². The van der Waals surface area contributed by atoms with E-state index in [1.54, 1.807) is 31.2 Å². The molecule has 0 aliphatic heterocycles. The molecular weight excluding hydrogens is 231 g/mol. The largest absolute Gasteiger partial charge is 0.507 e. The molecule has 1 N–H and O–H groups in total. The van der Waals surface area contributed by atoms with Gasteiger partial charge in [-0.3, -0.25) is 4.79 Å². The first kappa shape index (κ1) is 12.3. The fourth-order valence-electron chi connectivity index (χ4n) is 2.01. The van der Waals surface area contributed by atoms with E-state index in [1.807, 2.05) is 6.07 Å². The summed E-state index contributed by atoms with van der Waals surface area (Å²) in [7, 11) is 0. The highest BCUT2D eigenvalue weighted by molar-refractivity contribution is 6.03. The van der Waals surface area contributed by atoms with Gasteiger partial charge in [0, 0.05) is 5.56 Å². The summed E-state index contributed by atoms with van der Waals surface area (Å²) in [6, 6.07) is 10.0. The van der Waals surface area contributed by atoms with Gasteiger partial charge in [-0.05, 0) is 31.0 Å². The Hall–Kier alpha value is -2.16. The van der Waals surface area contributed by atoms with Gasteiger partial charge in [-0.25, -0.2) is 4.39 Å². The Bertz CT molecular complexity index is 604. The van der Waals surface area contributed by atoms with Crippen molar-refractivity contribution < 1.29 is 14.3 Å². The summed E-state index contributed by atoms with van der Waals surface area (Å²) < 4.78 is 14.2. The van der Waals surface area contributed by atoms with Crippen molar-refractivity contribution >= 4 is 5.78 Å². The molecule has 0 aromatic heterocycles. The van der Waals surface area contributed by atoms with Crippen LogP contribution in [-0.2, 0) is 0 Å². The highest BCUT2D eigenvalue weighted by atomic mass is 19.1. The highest BCUT2D eigenvalue weighted by Crippen LogP contribution is 2.34. The maximum atomic E-state index is 14.2. The number of rotatable bonds is 2. The number of ketones is 1. The van der Waals surface area contributed by atoms with E-state index in [0.29, 0.717) is 11.1 Å². The molecular formula is C15H13FO2. The van der Waals surface area contributed by atoms with E-state index in [9.17, 15) is 14.3 Å². The van der Waals surface area contributed by atoms with Gasteiger partial charge in [-0.15, -0.1) is 0 Å². The zero-order valence-electron chi connectivity index (χ0n) is 10.2. The van der Waals surface area contributed by atoms with Crippen LogP contribution in [-0.4, -0.2) is 10.9 Å². The molecule has 0 fully saturated rings. The maximum absolute atomic E-state index is 14.2. The summed E-state index contributed by atoms with van der Waals surface area (Å²) in [6.45, 7) is 2.88. The molecule has 2 aromatic rings. The molecule has 0 amide bonds. The molecule has 3 heteroatoms. The van der Waals surface area contributed by atoms with Gasteiger partial charge >= 0.3 is 0 Å². The molecule has 2 nitrogen and oxygen atoms in total. The van der Waals surface area contributed by atoms with Crippen LogP contribution in [0.5, 0.6) is 5.75 Å². The molecule has 18 heavy (non-hydrogen) atoms. The van der Waals surface area contributed by atoms with Crippen LogP contribution in [0.3, 0.4) is 0 Å². The quantitative estimate of drug-likeness (QED) is 0.818. The second kappa shape index (κ2) is 4.61. The van der Waals surface area contributed by atoms with Gasteiger partial charge in [0.2, 0.25) is 0 Å². The molecule has 0 spiro atoms. The van der Waals surface area contributed by atoms with Crippen molar-refractivity contribution in [2.45, 2.75) is 13.8 Å². The zero-order valence-corrected chi connectivity index (χ0v) is 10.2. The van der Waals surface area contributed by atoms with Crippen LogP contribution in [0.15, 0.2) is 36.4 Å². The Morgan fingerprint density at radius 1 is 1.22 bits per heavy atom. The molecule has 0 aliphatic carbocycles. The Balaban J connectivity index is 2.83. The van der Waals surface area contributed by atoms with Crippen LogP contribution in [0.2, 0.25) is 0 Å². The summed E-state index contributed by atoms with van der Waals surface area (Å²) in [5.41, 5.74) is 1.10. The van der Waals surface area contributed by atoms with Gasteiger partial charge in [0.1, 0.15) is 11.6 Å². The lowest BCUT2D eigenvalue weighted by Gasteiger charge is -2.12. The minimum absolute atomic E-state index is 0.0318. The molecule has 0 unspecified atom stereocenters. The van der Waals surface area contributed by atoms with Crippen LogP contribution >= 0.6 is 0 Å². The first-order chi connectivity index (χ1) is 8.52. The molecule has 2 aromatic carbocycles. The van der Waals surface area contributed by atoms with E-state index in [-0.39, 0.29) is 22.7 Å². The van der Waals surface area contributed by atoms with Crippen LogP contribution in [0.4, 0.5) is 4.39 Å². The van der Waals surface area contributed by atoms with E-state index in [4.69, 9.17) is 0 Å². The third kappa shape index (κ3) is 1.99. The average molecular weight is 244 g/mol. The van der Waals surface area contributed by atoms with Crippen LogP contribution in [0.25, 0.3) is 11.1 Å². The van der Waals surface area contributed by atoms with Gasteiger partial charge < -0.3 is 5.11 Å². The minimum atomic E-state index is -0.468. The first-order valence-electron chi connectivity index (χ1n) is 5.60.